The smallest absolute Gasteiger partial charge is 0.373 e. The molecule has 4 aromatic rings. The van der Waals surface area contributed by atoms with Crippen LogP contribution in [0.5, 0.6) is 0 Å². The van der Waals surface area contributed by atoms with Gasteiger partial charge < -0.3 is 14.8 Å². The molecule has 2 N–H and O–H groups in total. The van der Waals surface area contributed by atoms with E-state index < -0.39 is 12.2 Å². The van der Waals surface area contributed by atoms with Crippen molar-refractivity contribution < 1.29 is 29.0 Å². The van der Waals surface area contributed by atoms with Crippen LogP contribution in [0.2, 0.25) is 0 Å². The Bertz CT molecular complexity index is 1440. The zero-order valence-electron chi connectivity index (χ0n) is 23.6. The summed E-state index contributed by atoms with van der Waals surface area (Å²) >= 11 is 0. The zero-order valence-corrected chi connectivity index (χ0v) is 23.6. The molecule has 0 amide bonds. The van der Waals surface area contributed by atoms with E-state index in [-0.39, 0.29) is 36.5 Å². The summed E-state index contributed by atoms with van der Waals surface area (Å²) in [5.74, 6) is -0.300. The maximum absolute atomic E-state index is 14.1. The highest BCUT2D eigenvalue weighted by Gasteiger charge is 2.30. The summed E-state index contributed by atoms with van der Waals surface area (Å²) in [7, 11) is 0. The van der Waals surface area contributed by atoms with Gasteiger partial charge in [0.2, 0.25) is 0 Å². The summed E-state index contributed by atoms with van der Waals surface area (Å²) in [6.07, 6.45) is -0.109. The maximum atomic E-state index is 14.1. The van der Waals surface area contributed by atoms with Gasteiger partial charge in [-0.05, 0) is 66.6 Å². The number of ketones is 1. The summed E-state index contributed by atoms with van der Waals surface area (Å²) in [6.45, 7) is 6.25. The molecular weight excluding hydrogens is 521 g/mol. The molecule has 0 aliphatic heterocycles. The molecule has 0 aliphatic carbocycles. The largest absolute Gasteiger partial charge is 0.393 e. The molecule has 3 aromatic carbocycles. The van der Waals surface area contributed by atoms with Gasteiger partial charge >= 0.3 is 6.15 Å². The van der Waals surface area contributed by atoms with Crippen molar-refractivity contribution in [3.8, 4) is 22.4 Å². The third-order valence-electron chi connectivity index (χ3n) is 6.82. The first-order valence-electron chi connectivity index (χ1n) is 13.7. The Morgan fingerprint density at radius 1 is 0.854 bits per heavy atom. The van der Waals surface area contributed by atoms with Crippen molar-refractivity contribution in [1.29, 1.82) is 0 Å². The Labute approximate surface area is 240 Å². The average Bonchev–Trinajstić information content (AvgIpc) is 3.29. The third kappa shape index (κ3) is 8.18. The van der Waals surface area contributed by atoms with Crippen LogP contribution in [0, 0.1) is 5.82 Å². The van der Waals surface area contributed by atoms with E-state index in [1.807, 2.05) is 60.7 Å². The van der Waals surface area contributed by atoms with Gasteiger partial charge in [-0.3, -0.25) is 4.79 Å². The maximum Gasteiger partial charge on any atom is 0.373 e. The van der Waals surface area contributed by atoms with E-state index >= 15 is 0 Å². The molecule has 214 valence electrons. The predicted octanol–water partition coefficient (Wildman–Crippen LogP) is 6.45. The number of carbonyl (C=O) groups excluding carboxylic acids is 3. The van der Waals surface area contributed by atoms with E-state index in [1.165, 1.54) is 12.1 Å². The highest BCUT2D eigenvalue weighted by Crippen LogP contribution is 2.43. The van der Waals surface area contributed by atoms with E-state index in [1.54, 1.807) is 19.1 Å². The number of carbonyl (C=O) groups is 1. The fraction of sp³-hybridized carbons (Fsp3) is 0.294. The van der Waals surface area contributed by atoms with E-state index in [9.17, 15) is 19.4 Å². The number of Topliss-reactive ketones (excluding diaryl/α,β-unsaturated/α-hetero) is 1. The van der Waals surface area contributed by atoms with Gasteiger partial charge in [0.1, 0.15) is 5.82 Å². The molecule has 0 fully saturated rings. The highest BCUT2D eigenvalue weighted by molar-refractivity contribution is 6.08. The quantitative estimate of drug-likeness (QED) is 0.207. The lowest BCUT2D eigenvalue weighted by Crippen LogP contribution is -2.19. The molecule has 6 nitrogen and oxygen atoms in total. The monoisotopic (exact) mass is 557 g/mol. The first-order valence-corrected chi connectivity index (χ1v) is 13.7. The fourth-order valence-electron chi connectivity index (χ4n) is 5.20. The van der Waals surface area contributed by atoms with Crippen LogP contribution in [0.3, 0.4) is 0 Å². The molecular formula is C34H36FNO5. The van der Waals surface area contributed by atoms with Crippen molar-refractivity contribution in [3.63, 3.8) is 0 Å². The number of nitrogens with zero attached hydrogens (tertiary/aromatic N) is 1. The standard InChI is InChI=1S/C33H36FNO3.CO2/c1-22(2)32-31(29(38)21-24-10-6-4-7-11-24)30(25-12-8-5-9-13-25)33(26-14-16-27(34)17-15-26)35(32)19-18-28(37)20-23(3)36;2-1-3/h4-17,22-23,28,36-37H,18-21H2,1-3H3;/t23-,28+;/m0./s1. The summed E-state index contributed by atoms with van der Waals surface area (Å²) < 4.78 is 16.1. The van der Waals surface area contributed by atoms with Crippen molar-refractivity contribution in [3.05, 3.63) is 108 Å². The number of halogens is 1. The Kier molecular flexibility index (Phi) is 11.5. The minimum Gasteiger partial charge on any atom is -0.393 e. The molecule has 7 heteroatoms. The molecule has 1 heterocycles. The predicted molar refractivity (Wildman–Crippen MR) is 156 cm³/mol. The summed E-state index contributed by atoms with van der Waals surface area (Å²) in [6, 6.07) is 25.9. The van der Waals surface area contributed by atoms with Crippen molar-refractivity contribution in [1.82, 2.24) is 4.57 Å². The Balaban J connectivity index is 0.00000147. The van der Waals surface area contributed by atoms with E-state index in [4.69, 9.17) is 9.59 Å². The first kappa shape index (κ1) is 31.4. The van der Waals surface area contributed by atoms with Gasteiger partial charge in [0.05, 0.1) is 17.9 Å². The van der Waals surface area contributed by atoms with Crippen molar-refractivity contribution in [2.75, 3.05) is 0 Å². The molecule has 0 unspecified atom stereocenters. The molecule has 0 saturated carbocycles. The van der Waals surface area contributed by atoms with E-state index in [2.05, 4.69) is 18.4 Å². The lowest BCUT2D eigenvalue weighted by atomic mass is 9.90. The molecule has 0 saturated heterocycles. The Hall–Kier alpha value is -4.16. The van der Waals surface area contributed by atoms with Gasteiger partial charge in [-0.15, -0.1) is 0 Å². The minimum absolute atomic E-state index is 0.00953. The SMILES string of the molecule is CC(C)c1c(C(=O)Cc2ccccc2)c(-c2ccccc2)c(-c2ccc(F)cc2)n1CC[C@@H](O)C[C@H](C)O.O=C=O. The topological polar surface area (TPSA) is 96.6 Å². The van der Waals surface area contributed by atoms with Crippen molar-refractivity contribution in [2.45, 2.75) is 64.7 Å². The van der Waals surface area contributed by atoms with Gasteiger partial charge in [-0.1, -0.05) is 74.5 Å². The third-order valence-corrected chi connectivity index (χ3v) is 6.82. The Morgan fingerprint density at radius 3 is 1.95 bits per heavy atom. The van der Waals surface area contributed by atoms with Crippen molar-refractivity contribution >= 4 is 11.9 Å². The molecule has 4 rings (SSSR count). The van der Waals surface area contributed by atoms with Crippen LogP contribution in [-0.4, -0.2) is 38.9 Å². The first-order chi connectivity index (χ1) is 19.7. The van der Waals surface area contributed by atoms with Crippen LogP contribution in [0.1, 0.15) is 61.1 Å². The molecule has 0 radical (unpaired) electrons. The molecule has 41 heavy (non-hydrogen) atoms. The van der Waals surface area contributed by atoms with Crippen LogP contribution < -0.4 is 0 Å². The highest BCUT2D eigenvalue weighted by atomic mass is 19.1. The van der Waals surface area contributed by atoms with Crippen LogP contribution in [0.25, 0.3) is 22.4 Å². The van der Waals surface area contributed by atoms with Crippen LogP contribution in [0.15, 0.2) is 84.9 Å². The number of benzene rings is 3. The second-order valence-corrected chi connectivity index (χ2v) is 10.4. The number of hydrogen-bond acceptors (Lipinski definition) is 5. The molecule has 0 aliphatic rings. The number of hydrogen-bond donors (Lipinski definition) is 2. The van der Waals surface area contributed by atoms with Crippen LogP contribution in [0.4, 0.5) is 4.39 Å². The summed E-state index contributed by atoms with van der Waals surface area (Å²) in [5.41, 5.74) is 5.87. The minimum atomic E-state index is -0.692. The lowest BCUT2D eigenvalue weighted by molar-refractivity contribution is -0.191. The Morgan fingerprint density at radius 2 is 1.41 bits per heavy atom. The normalized spacial score (nSPS) is 12.3. The van der Waals surface area contributed by atoms with Gasteiger partial charge in [-0.25, -0.2) is 4.39 Å². The number of aliphatic hydroxyl groups excluding tert-OH is 2. The number of aliphatic hydroxyl groups is 2. The molecule has 0 spiro atoms. The molecule has 1 aromatic heterocycles. The zero-order chi connectivity index (χ0) is 29.9. The summed E-state index contributed by atoms with van der Waals surface area (Å²) in [5, 5.41) is 20.4. The molecule has 2 atom stereocenters. The second-order valence-electron chi connectivity index (χ2n) is 10.4. The van der Waals surface area contributed by atoms with E-state index in [0.717, 1.165) is 33.6 Å². The van der Waals surface area contributed by atoms with Crippen LogP contribution in [-0.2, 0) is 22.6 Å². The van der Waals surface area contributed by atoms with Gasteiger partial charge in [0.15, 0.2) is 5.78 Å². The second kappa shape index (κ2) is 15.0. The molecule has 0 bridgehead atoms. The lowest BCUT2D eigenvalue weighted by Gasteiger charge is -2.19. The van der Waals surface area contributed by atoms with E-state index in [0.29, 0.717) is 18.5 Å². The van der Waals surface area contributed by atoms with Gasteiger partial charge in [0.25, 0.3) is 0 Å². The van der Waals surface area contributed by atoms with Gasteiger partial charge in [0, 0.05) is 29.8 Å². The fourth-order valence-corrected chi connectivity index (χ4v) is 5.20. The van der Waals surface area contributed by atoms with Crippen LogP contribution >= 0.6 is 0 Å². The van der Waals surface area contributed by atoms with Gasteiger partial charge in [-0.2, -0.15) is 9.59 Å². The number of rotatable bonds is 11. The summed E-state index contributed by atoms with van der Waals surface area (Å²) in [4.78, 5) is 30.4. The van der Waals surface area contributed by atoms with Crippen molar-refractivity contribution in [2.24, 2.45) is 0 Å². The number of aromatic nitrogens is 1. The average molecular weight is 558 g/mol.